The molecule has 2 N–H and O–H groups in total. The van der Waals surface area contributed by atoms with Gasteiger partial charge in [0.2, 0.25) is 17.7 Å². The van der Waals surface area contributed by atoms with Gasteiger partial charge < -0.3 is 44.8 Å². The van der Waals surface area contributed by atoms with Crippen LogP contribution in [0.1, 0.15) is 123 Å². The summed E-state index contributed by atoms with van der Waals surface area (Å²) in [5, 5.41) is 1.92. The Morgan fingerprint density at radius 3 is 1.50 bits per heavy atom. The van der Waals surface area contributed by atoms with Crippen LogP contribution in [0.2, 0.25) is 15.1 Å². The van der Waals surface area contributed by atoms with Gasteiger partial charge in [0.1, 0.15) is 46.5 Å². The number of aryl methyl sites for hydroxylation is 2. The molecule has 0 spiro atoms. The van der Waals surface area contributed by atoms with Crippen LogP contribution < -0.4 is 36.5 Å². The zero-order chi connectivity index (χ0) is 86.9. The molecule has 0 radical (unpaired) electrons. The first-order valence-electron chi connectivity index (χ1n) is 39.5. The molecule has 5 atom stereocenters. The summed E-state index contributed by atoms with van der Waals surface area (Å²) in [5.41, 5.74) is 12.8. The van der Waals surface area contributed by atoms with Crippen LogP contribution in [0.4, 0.5) is 36.4 Å². The van der Waals surface area contributed by atoms with Crippen molar-refractivity contribution in [2.45, 2.75) is 146 Å². The summed E-state index contributed by atoms with van der Waals surface area (Å²) in [6.45, 7) is 44.1. The van der Waals surface area contributed by atoms with E-state index in [4.69, 9.17) is 65.2 Å². The average Bonchev–Trinajstić information content (AvgIpc) is 0.753. The summed E-state index contributed by atoms with van der Waals surface area (Å²) in [6, 6.07) is 24.5. The van der Waals surface area contributed by atoms with Gasteiger partial charge in [-0.25, -0.2) is 48.0 Å². The summed E-state index contributed by atoms with van der Waals surface area (Å²) >= 11 is 20.4. The molecule has 3 saturated heterocycles. The molecule has 31 heteroatoms. The number of fused-ring (bicyclic) bond motifs is 3. The number of amidine groups is 1. The fourth-order valence-corrected chi connectivity index (χ4v) is 16.4. The number of halogens is 6. The molecule has 4 aliphatic heterocycles. The van der Waals surface area contributed by atoms with E-state index >= 15 is 0 Å². The van der Waals surface area contributed by atoms with Crippen molar-refractivity contribution < 1.29 is 32.3 Å². The van der Waals surface area contributed by atoms with Crippen molar-refractivity contribution in [2.75, 3.05) is 72.8 Å². The topological polar surface area (TPSA) is 269 Å². The van der Waals surface area contributed by atoms with Gasteiger partial charge in [-0.3, -0.25) is 24.4 Å². The van der Waals surface area contributed by atoms with Gasteiger partial charge in [-0.05, 0) is 162 Å². The maximum atomic E-state index is 14.7. The number of piperazine rings is 3. The number of anilines is 4. The largest absolute Gasteiger partial charge is 0.434 e. The van der Waals surface area contributed by atoms with Gasteiger partial charge in [0.25, 0.3) is 0 Å². The van der Waals surface area contributed by atoms with Crippen molar-refractivity contribution >= 4 is 104 Å². The fourth-order valence-electron chi connectivity index (χ4n) is 15.7. The van der Waals surface area contributed by atoms with Gasteiger partial charge in [-0.1, -0.05) is 134 Å². The number of amides is 3. The highest BCUT2D eigenvalue weighted by molar-refractivity contribution is 6.35. The summed E-state index contributed by atoms with van der Waals surface area (Å²) in [4.78, 5) is 121. The van der Waals surface area contributed by atoms with Gasteiger partial charge in [-0.15, -0.1) is 0 Å². The number of rotatable bonds is 15. The maximum absolute atomic E-state index is 14.7. The molecule has 3 fully saturated rings. The van der Waals surface area contributed by atoms with Crippen LogP contribution in [0.5, 0.6) is 5.75 Å². The molecule has 0 saturated carbocycles. The molecule has 0 aliphatic carbocycles. The van der Waals surface area contributed by atoms with Gasteiger partial charge in [0.15, 0.2) is 11.3 Å². The highest BCUT2D eigenvalue weighted by Crippen LogP contribution is 2.44. The van der Waals surface area contributed by atoms with E-state index in [1.165, 1.54) is 39.5 Å². The predicted molar refractivity (Wildman–Crippen MR) is 470 cm³/mol. The minimum atomic E-state index is -3.06. The summed E-state index contributed by atoms with van der Waals surface area (Å²) in [6.07, 6.45) is 8.98. The first-order valence-corrected chi connectivity index (χ1v) is 40.6. The Labute approximate surface area is 710 Å². The first-order chi connectivity index (χ1) is 56.9. The van der Waals surface area contributed by atoms with Crippen molar-refractivity contribution in [3.05, 3.63) is 230 Å². The van der Waals surface area contributed by atoms with Crippen LogP contribution in [0.3, 0.4) is 0 Å². The number of alkyl halides is 2. The van der Waals surface area contributed by atoms with E-state index in [1.807, 2.05) is 96.1 Å². The SMILES string of the molecule is C=CC(=O)N1CC(C)N(c2nc(=O)n(-c3c(C)ccnc3C(C)C)c3nc(-c4ccccc4OC(F)F)c(Cl)cc23)CC1C.C=CC(=O)N1CC(C)N(c2nc(=O)n(-c3c(C)ccnc3C(C)C)c3nc(-c4cccnc4N)c(Cl)cc23)CC1C.C=CC(=O)N1CCN(C2=NC(=C)N(CC(C)(C)C)c3nc(-c4ccccc4F)c(Cl)cc32)[C@@H](C)C1. The van der Waals surface area contributed by atoms with E-state index in [-0.39, 0.29) is 104 Å². The lowest BCUT2D eigenvalue weighted by Crippen LogP contribution is -2.58. The smallest absolute Gasteiger partial charge is 0.387 e. The molecular formula is C89H97Cl3F3N19O6. The van der Waals surface area contributed by atoms with Crippen LogP contribution in [0.25, 0.3) is 67.2 Å². The van der Waals surface area contributed by atoms with Gasteiger partial charge in [0, 0.05) is 118 Å². The number of hydrogen-bond acceptors (Lipinski definition) is 20. The summed E-state index contributed by atoms with van der Waals surface area (Å²) in [7, 11) is 0. The number of nitrogens with zero attached hydrogens (tertiary/aromatic N) is 18. The Morgan fingerprint density at radius 2 is 1.02 bits per heavy atom. The molecule has 8 aromatic heterocycles. The molecule has 626 valence electrons. The number of aliphatic imine (C=N–C) groups is 1. The monoisotopic (exact) mass is 1690 g/mol. The number of hydrogen-bond donors (Lipinski definition) is 1. The van der Waals surface area contributed by atoms with Crippen molar-refractivity contribution in [1.29, 1.82) is 0 Å². The van der Waals surface area contributed by atoms with Crippen molar-refractivity contribution in [3.63, 3.8) is 0 Å². The predicted octanol–water partition coefficient (Wildman–Crippen LogP) is 16.0. The summed E-state index contributed by atoms with van der Waals surface area (Å²) in [5.74, 6) is 2.12. The maximum Gasteiger partial charge on any atom is 0.387 e. The third-order valence-electron chi connectivity index (χ3n) is 21.5. The van der Waals surface area contributed by atoms with Crippen LogP contribution in [0, 0.1) is 25.1 Å². The first kappa shape index (κ1) is 87.4. The number of aromatic nitrogens is 10. The zero-order valence-corrected chi connectivity index (χ0v) is 71.8. The number of benzene rings is 2. The third kappa shape index (κ3) is 17.7. The Bertz CT molecular complexity index is 5870. The molecule has 2 aromatic carbocycles. The number of carbonyl (C=O) groups excluding carboxylic acids is 3. The van der Waals surface area contributed by atoms with E-state index in [2.05, 4.69) is 83.8 Å². The molecule has 4 aliphatic rings. The number of carbonyl (C=O) groups is 3. The summed E-state index contributed by atoms with van der Waals surface area (Å²) < 4.78 is 49.1. The molecule has 25 nitrogen and oxygen atoms in total. The molecular weight excluding hydrogens is 1590 g/mol. The molecule has 10 aromatic rings. The Kier molecular flexibility index (Phi) is 26.2. The highest BCUT2D eigenvalue weighted by Gasteiger charge is 2.40. The Hall–Kier alpha value is -11.9. The highest BCUT2D eigenvalue weighted by atomic mass is 35.5. The lowest BCUT2D eigenvalue weighted by molar-refractivity contribution is -0.129. The van der Waals surface area contributed by atoms with Crippen LogP contribution in [-0.4, -0.2) is 181 Å². The molecule has 3 amide bonds. The minimum Gasteiger partial charge on any atom is -0.434 e. The second kappa shape index (κ2) is 36.0. The molecule has 14 rings (SSSR count). The van der Waals surface area contributed by atoms with E-state index in [1.54, 1.807) is 100 Å². The lowest BCUT2D eigenvalue weighted by atomic mass is 9.95. The van der Waals surface area contributed by atoms with Crippen molar-refractivity contribution in [2.24, 2.45) is 10.4 Å². The number of nitrogen functional groups attached to an aromatic ring is 1. The second-order valence-electron chi connectivity index (χ2n) is 32.1. The number of ether oxygens (including phenoxy) is 1. The van der Waals surface area contributed by atoms with E-state index in [9.17, 15) is 37.1 Å². The van der Waals surface area contributed by atoms with Gasteiger partial charge >= 0.3 is 18.0 Å². The minimum absolute atomic E-state index is 0.00577. The van der Waals surface area contributed by atoms with Crippen LogP contribution in [-0.2, 0) is 14.4 Å². The standard InChI is InChI=1S/C32H33ClF2N6O3.C30H33ClN8O2.C27H31ClFN5O/c1-7-25(42)39-15-20(6)40(16-19(39)5)29-22-14-23(33)27(21-10-8-9-11-24(21)44-31(34)35)37-30(22)41(32(43)38-29)28-18(4)12-13-36-26(28)17(2)3;1-7-23(40)37-14-19(6)38(15-18(37)5)28-21-13-22(31)25(20-9-8-11-34-27(20)32)35-29(21)39(30(41)36-28)26-17(4)10-12-33-24(26)16(2)3;1-7-23(35)32-12-13-33(17(2)15-32)25-20-14-21(28)24(19-10-8-9-11-22(19)29)31-26(20)34(18(3)30-25)16-27(4,5)6/h7-14,17,19-20,31H,1,15-16H2,2-6H3;7-13,16,18-19H,1,14-15H2,2-6H3,(H2,32,34);7-11,14,17H,1,3,12-13,15-16H2,2,4-6H3/t;;17-/m..0/s1. The number of para-hydroxylation sites is 1. The second-order valence-corrected chi connectivity index (χ2v) is 33.3. The molecule has 120 heavy (non-hydrogen) atoms. The quantitative estimate of drug-likeness (QED) is 0.0934. The van der Waals surface area contributed by atoms with Crippen LogP contribution in [0.15, 0.2) is 175 Å². The number of pyridine rings is 6. The fraction of sp³-hybridized carbons (Fsp3) is 0.348. The van der Waals surface area contributed by atoms with Crippen LogP contribution >= 0.6 is 34.8 Å². The Morgan fingerprint density at radius 1 is 0.558 bits per heavy atom. The van der Waals surface area contributed by atoms with E-state index in [0.717, 1.165) is 22.4 Å². The number of nitrogens with two attached hydrogens (primary N) is 1. The van der Waals surface area contributed by atoms with E-state index < -0.39 is 18.0 Å². The molecule has 12 heterocycles. The normalized spacial score (nSPS) is 17.5. The zero-order valence-electron chi connectivity index (χ0n) is 69.6. The van der Waals surface area contributed by atoms with Crippen molar-refractivity contribution in [1.82, 2.24) is 68.6 Å². The van der Waals surface area contributed by atoms with E-state index in [0.29, 0.717) is 148 Å². The Balaban J connectivity index is 0.000000166. The van der Waals surface area contributed by atoms with Gasteiger partial charge in [0.05, 0.1) is 71.2 Å². The van der Waals surface area contributed by atoms with Gasteiger partial charge in [-0.2, -0.15) is 18.7 Å². The third-order valence-corrected chi connectivity index (χ3v) is 22.3. The molecule has 0 bridgehead atoms. The van der Waals surface area contributed by atoms with Crippen molar-refractivity contribution in [3.8, 4) is 50.9 Å². The average molecular weight is 1690 g/mol. The molecule has 4 unspecified atom stereocenters. The lowest BCUT2D eigenvalue weighted by Gasteiger charge is -2.44.